The lowest BCUT2D eigenvalue weighted by atomic mass is 10.2. The average Bonchev–Trinajstić information content (AvgIpc) is 2.84. The molecule has 0 aliphatic rings. The summed E-state index contributed by atoms with van der Waals surface area (Å²) in [5.41, 5.74) is 4.09. The monoisotopic (exact) mass is 558 g/mol. The van der Waals surface area contributed by atoms with Crippen molar-refractivity contribution in [3.05, 3.63) is 87.0 Å². The van der Waals surface area contributed by atoms with E-state index >= 15 is 0 Å². The number of nitrogens with zero attached hydrogens (tertiary/aromatic N) is 1. The van der Waals surface area contributed by atoms with Gasteiger partial charge in [-0.05, 0) is 89.2 Å². The van der Waals surface area contributed by atoms with Gasteiger partial charge >= 0.3 is 5.97 Å². The van der Waals surface area contributed by atoms with Crippen LogP contribution in [0.4, 0.5) is 0 Å². The van der Waals surface area contributed by atoms with Crippen molar-refractivity contribution >= 4 is 40.7 Å². The van der Waals surface area contributed by atoms with Gasteiger partial charge in [0, 0.05) is 3.57 Å². The highest BCUT2D eigenvalue weighted by molar-refractivity contribution is 14.1. The molecule has 0 unspecified atom stereocenters. The van der Waals surface area contributed by atoms with Crippen LogP contribution >= 0.6 is 22.6 Å². The molecule has 170 valence electrons. The highest BCUT2D eigenvalue weighted by atomic mass is 127. The summed E-state index contributed by atoms with van der Waals surface area (Å²) in [6, 6.07) is 19.0. The standard InChI is InChI=1S/C25H23IN2O5/c1-3-14-32-19-11-9-18(10-12-19)25(30)33-22-13-8-17(15-23(22)31-2)16-27-28-24(29)20-6-4-5-7-21(20)26/h4-13,15-16H,3,14H2,1-2H3,(H,28,29)/b27-16+. The van der Waals surface area contributed by atoms with Gasteiger partial charge in [-0.15, -0.1) is 0 Å². The highest BCUT2D eigenvalue weighted by Crippen LogP contribution is 2.28. The second-order valence-electron chi connectivity index (χ2n) is 6.85. The van der Waals surface area contributed by atoms with Crippen LogP contribution in [0.5, 0.6) is 17.2 Å². The van der Waals surface area contributed by atoms with E-state index < -0.39 is 5.97 Å². The number of esters is 1. The normalized spacial score (nSPS) is 10.6. The maximum Gasteiger partial charge on any atom is 0.343 e. The van der Waals surface area contributed by atoms with Crippen LogP contribution in [0.2, 0.25) is 0 Å². The summed E-state index contributed by atoms with van der Waals surface area (Å²) in [5, 5.41) is 4.00. The number of amides is 1. The highest BCUT2D eigenvalue weighted by Gasteiger charge is 2.13. The van der Waals surface area contributed by atoms with E-state index in [-0.39, 0.29) is 11.7 Å². The number of hydrogen-bond donors (Lipinski definition) is 1. The van der Waals surface area contributed by atoms with Gasteiger partial charge in [0.15, 0.2) is 11.5 Å². The lowest BCUT2D eigenvalue weighted by Crippen LogP contribution is -2.18. The number of methoxy groups -OCH3 is 1. The molecule has 0 saturated heterocycles. The minimum atomic E-state index is -0.513. The van der Waals surface area contributed by atoms with Gasteiger partial charge in [0.25, 0.3) is 5.91 Å². The number of hydrogen-bond acceptors (Lipinski definition) is 6. The number of nitrogens with one attached hydrogen (secondary N) is 1. The van der Waals surface area contributed by atoms with E-state index in [0.29, 0.717) is 34.8 Å². The van der Waals surface area contributed by atoms with Gasteiger partial charge < -0.3 is 14.2 Å². The quantitative estimate of drug-likeness (QED) is 0.130. The first kappa shape index (κ1) is 24.2. The van der Waals surface area contributed by atoms with E-state index in [1.54, 1.807) is 54.6 Å². The second-order valence-corrected chi connectivity index (χ2v) is 8.01. The van der Waals surface area contributed by atoms with Crippen molar-refractivity contribution < 1.29 is 23.8 Å². The van der Waals surface area contributed by atoms with E-state index in [4.69, 9.17) is 14.2 Å². The molecule has 0 radical (unpaired) electrons. The molecule has 3 rings (SSSR count). The van der Waals surface area contributed by atoms with E-state index in [1.165, 1.54) is 13.3 Å². The van der Waals surface area contributed by atoms with Crippen LogP contribution in [0.15, 0.2) is 71.8 Å². The van der Waals surface area contributed by atoms with Crippen molar-refractivity contribution in [3.63, 3.8) is 0 Å². The average molecular weight is 558 g/mol. The molecule has 0 saturated carbocycles. The molecule has 0 atom stereocenters. The third kappa shape index (κ3) is 6.79. The number of halogens is 1. The number of hydrazone groups is 1. The largest absolute Gasteiger partial charge is 0.494 e. The zero-order chi connectivity index (χ0) is 23.6. The SMILES string of the molecule is CCCOc1ccc(C(=O)Oc2ccc(/C=N/NC(=O)c3ccccc3I)cc2OC)cc1. The molecule has 1 amide bonds. The Morgan fingerprint density at radius 2 is 1.79 bits per heavy atom. The van der Waals surface area contributed by atoms with Crippen LogP contribution < -0.4 is 19.6 Å². The zero-order valence-corrected chi connectivity index (χ0v) is 20.4. The fourth-order valence-electron chi connectivity index (χ4n) is 2.79. The summed E-state index contributed by atoms with van der Waals surface area (Å²) in [4.78, 5) is 24.8. The topological polar surface area (TPSA) is 86.2 Å². The second kappa shape index (κ2) is 12.0. The first-order chi connectivity index (χ1) is 16.0. The molecule has 0 aliphatic carbocycles. The van der Waals surface area contributed by atoms with Gasteiger partial charge in [-0.25, -0.2) is 10.2 Å². The van der Waals surface area contributed by atoms with Gasteiger partial charge in [0.05, 0.1) is 31.1 Å². The predicted molar refractivity (Wildman–Crippen MR) is 134 cm³/mol. The van der Waals surface area contributed by atoms with Crippen LogP contribution in [-0.2, 0) is 0 Å². The molecule has 0 spiro atoms. The molecule has 0 bridgehead atoms. The van der Waals surface area contributed by atoms with Gasteiger partial charge in [-0.2, -0.15) is 5.10 Å². The first-order valence-corrected chi connectivity index (χ1v) is 11.3. The molecule has 7 nitrogen and oxygen atoms in total. The van der Waals surface area contributed by atoms with Crippen molar-refractivity contribution in [2.24, 2.45) is 5.10 Å². The van der Waals surface area contributed by atoms with Crippen LogP contribution in [0.1, 0.15) is 39.6 Å². The fourth-order valence-corrected chi connectivity index (χ4v) is 3.42. The van der Waals surface area contributed by atoms with E-state index in [9.17, 15) is 9.59 Å². The third-order valence-electron chi connectivity index (χ3n) is 4.45. The van der Waals surface area contributed by atoms with Gasteiger partial charge in [0.2, 0.25) is 0 Å². The number of benzene rings is 3. The molecule has 1 N–H and O–H groups in total. The summed E-state index contributed by atoms with van der Waals surface area (Å²) < 4.78 is 17.2. The Morgan fingerprint density at radius 1 is 1.03 bits per heavy atom. The Balaban J connectivity index is 1.64. The number of carbonyl (C=O) groups is 2. The summed E-state index contributed by atoms with van der Waals surface area (Å²) in [6.45, 7) is 2.64. The maximum atomic E-state index is 12.5. The van der Waals surface area contributed by atoms with Crippen LogP contribution in [-0.4, -0.2) is 31.8 Å². The lowest BCUT2D eigenvalue weighted by Gasteiger charge is -2.10. The Kier molecular flexibility index (Phi) is 8.82. The number of ether oxygens (including phenoxy) is 3. The van der Waals surface area contributed by atoms with E-state index in [1.807, 2.05) is 19.1 Å². The van der Waals surface area contributed by atoms with Crippen molar-refractivity contribution in [3.8, 4) is 17.2 Å². The van der Waals surface area contributed by atoms with Gasteiger partial charge in [-0.3, -0.25) is 4.79 Å². The molecular formula is C25H23IN2O5. The minimum Gasteiger partial charge on any atom is -0.494 e. The molecule has 3 aromatic rings. The Labute approximate surface area is 205 Å². The van der Waals surface area contributed by atoms with Crippen molar-refractivity contribution in [2.45, 2.75) is 13.3 Å². The Bertz CT molecular complexity index is 1150. The van der Waals surface area contributed by atoms with Crippen LogP contribution in [0.3, 0.4) is 0 Å². The molecule has 0 aromatic heterocycles. The van der Waals surface area contributed by atoms with Crippen LogP contribution in [0, 0.1) is 3.57 Å². The van der Waals surface area contributed by atoms with Crippen molar-refractivity contribution in [2.75, 3.05) is 13.7 Å². The summed E-state index contributed by atoms with van der Waals surface area (Å²) in [6.07, 6.45) is 2.39. The van der Waals surface area contributed by atoms with Gasteiger partial charge in [-0.1, -0.05) is 19.1 Å². The summed E-state index contributed by atoms with van der Waals surface area (Å²) in [5.74, 6) is 0.512. The van der Waals surface area contributed by atoms with Gasteiger partial charge in [0.1, 0.15) is 5.75 Å². The Morgan fingerprint density at radius 3 is 2.48 bits per heavy atom. The first-order valence-electron chi connectivity index (χ1n) is 10.2. The third-order valence-corrected chi connectivity index (χ3v) is 5.39. The minimum absolute atomic E-state index is 0.272. The number of rotatable bonds is 9. The summed E-state index contributed by atoms with van der Waals surface area (Å²) in [7, 11) is 1.48. The molecule has 0 fully saturated rings. The molecule has 33 heavy (non-hydrogen) atoms. The molecule has 0 heterocycles. The molecular weight excluding hydrogens is 535 g/mol. The maximum absolute atomic E-state index is 12.5. The van der Waals surface area contributed by atoms with Crippen LogP contribution in [0.25, 0.3) is 0 Å². The van der Waals surface area contributed by atoms with Crippen molar-refractivity contribution in [1.29, 1.82) is 0 Å². The fraction of sp³-hybridized carbons (Fsp3) is 0.160. The number of carbonyl (C=O) groups excluding carboxylic acids is 2. The van der Waals surface area contributed by atoms with Crippen molar-refractivity contribution in [1.82, 2.24) is 5.43 Å². The summed E-state index contributed by atoms with van der Waals surface area (Å²) >= 11 is 2.10. The molecule has 8 heteroatoms. The van der Waals surface area contributed by atoms with E-state index in [0.717, 1.165) is 9.99 Å². The van der Waals surface area contributed by atoms with E-state index in [2.05, 4.69) is 33.1 Å². The lowest BCUT2D eigenvalue weighted by molar-refractivity contribution is 0.0729. The zero-order valence-electron chi connectivity index (χ0n) is 18.2. The molecule has 0 aliphatic heterocycles. The predicted octanol–water partition coefficient (Wildman–Crippen LogP) is 5.07. The smallest absolute Gasteiger partial charge is 0.343 e. The Hall–Kier alpha value is -3.40. The molecule has 3 aromatic carbocycles.